The molecule has 0 unspecified atom stereocenters. The molecule has 3 heterocycles. The van der Waals surface area contributed by atoms with Gasteiger partial charge in [-0.05, 0) is 67.0 Å². The maximum absolute atomic E-state index is 6.48. The van der Waals surface area contributed by atoms with Crippen LogP contribution in [0.2, 0.25) is 5.02 Å². The monoisotopic (exact) mass is 466 g/mol. The van der Waals surface area contributed by atoms with Crippen molar-refractivity contribution in [2.24, 2.45) is 0 Å². The molecule has 5 nitrogen and oxygen atoms in total. The van der Waals surface area contributed by atoms with Crippen LogP contribution in [0.15, 0.2) is 61.1 Å². The molecule has 1 aromatic carbocycles. The number of benzene rings is 1. The SMILES string of the molecule is COc1ccc(N2C(=S)N[C@H](c3ccccn3)[C@H]2c2ccn(C3CCCCC3)c2)cc1Cl. The highest BCUT2D eigenvalue weighted by atomic mass is 35.5. The second-order valence-corrected chi connectivity index (χ2v) is 9.29. The Morgan fingerprint density at radius 2 is 1.97 bits per heavy atom. The zero-order valence-corrected chi connectivity index (χ0v) is 19.6. The molecular formula is C25H27ClN4OS. The van der Waals surface area contributed by atoms with E-state index in [1.54, 1.807) is 7.11 Å². The third kappa shape index (κ3) is 3.97. The van der Waals surface area contributed by atoms with Gasteiger partial charge in [0.25, 0.3) is 0 Å². The third-order valence-corrected chi connectivity index (χ3v) is 7.20. The van der Waals surface area contributed by atoms with Crippen LogP contribution >= 0.6 is 23.8 Å². The summed E-state index contributed by atoms with van der Waals surface area (Å²) in [6.07, 6.45) is 12.8. The van der Waals surface area contributed by atoms with Gasteiger partial charge in [0.15, 0.2) is 5.11 Å². The molecule has 7 heteroatoms. The summed E-state index contributed by atoms with van der Waals surface area (Å²) >= 11 is 12.3. The topological polar surface area (TPSA) is 42.3 Å². The summed E-state index contributed by atoms with van der Waals surface area (Å²) in [5, 5.41) is 4.74. The summed E-state index contributed by atoms with van der Waals surface area (Å²) in [6.45, 7) is 0. The number of thiocarbonyl (C=S) groups is 1. The molecule has 2 aliphatic rings. The lowest BCUT2D eigenvalue weighted by Gasteiger charge is -2.28. The minimum Gasteiger partial charge on any atom is -0.495 e. The molecule has 0 amide bonds. The average Bonchev–Trinajstić information content (AvgIpc) is 3.45. The van der Waals surface area contributed by atoms with E-state index in [-0.39, 0.29) is 12.1 Å². The lowest BCUT2D eigenvalue weighted by Crippen LogP contribution is -2.29. The van der Waals surface area contributed by atoms with Gasteiger partial charge in [0.05, 0.1) is 29.9 Å². The van der Waals surface area contributed by atoms with Gasteiger partial charge in [-0.15, -0.1) is 0 Å². The van der Waals surface area contributed by atoms with Crippen LogP contribution in [0, 0.1) is 0 Å². The van der Waals surface area contributed by atoms with Crippen LogP contribution in [0.1, 0.15) is 61.5 Å². The number of pyridine rings is 1. The molecular weight excluding hydrogens is 440 g/mol. The van der Waals surface area contributed by atoms with Crippen LogP contribution in [0.5, 0.6) is 5.75 Å². The Balaban J connectivity index is 1.55. The standard InChI is InChI=1S/C25H27ClN4OS/c1-31-22-11-10-19(15-20(22)26)30-24(23(28-25(30)32)21-9-5-6-13-27-21)17-12-14-29(16-17)18-7-3-2-4-8-18/h5-6,9-16,18,23-24H,2-4,7-8H2,1H3,(H,28,32)/t23-,24-/m1/s1. The lowest BCUT2D eigenvalue weighted by atomic mass is 9.95. The van der Waals surface area contributed by atoms with E-state index in [1.165, 1.54) is 37.7 Å². The molecule has 2 atom stereocenters. The molecule has 166 valence electrons. The number of anilines is 1. The predicted octanol–water partition coefficient (Wildman–Crippen LogP) is 6.23. The van der Waals surface area contributed by atoms with Crippen molar-refractivity contribution >= 4 is 34.6 Å². The van der Waals surface area contributed by atoms with Gasteiger partial charge in [-0.25, -0.2) is 0 Å². The number of ether oxygens (including phenoxy) is 1. The highest BCUT2D eigenvalue weighted by Crippen LogP contribution is 2.43. The van der Waals surface area contributed by atoms with Crippen LogP contribution in [-0.2, 0) is 0 Å². The van der Waals surface area contributed by atoms with Crippen molar-refractivity contribution in [2.75, 3.05) is 12.0 Å². The first kappa shape index (κ1) is 21.3. The van der Waals surface area contributed by atoms with Crippen LogP contribution in [0.25, 0.3) is 0 Å². The maximum atomic E-state index is 6.48. The van der Waals surface area contributed by atoms with Gasteiger partial charge in [0.2, 0.25) is 0 Å². The van der Waals surface area contributed by atoms with Crippen LogP contribution < -0.4 is 15.0 Å². The van der Waals surface area contributed by atoms with Crippen molar-refractivity contribution in [3.63, 3.8) is 0 Å². The van der Waals surface area contributed by atoms with Crippen molar-refractivity contribution in [3.8, 4) is 5.75 Å². The summed E-state index contributed by atoms with van der Waals surface area (Å²) in [4.78, 5) is 6.79. The molecule has 1 N–H and O–H groups in total. The van der Waals surface area contributed by atoms with Crippen molar-refractivity contribution in [1.82, 2.24) is 14.9 Å². The van der Waals surface area contributed by atoms with Crippen molar-refractivity contribution in [3.05, 3.63) is 77.3 Å². The van der Waals surface area contributed by atoms with Crippen molar-refractivity contribution in [1.29, 1.82) is 0 Å². The van der Waals surface area contributed by atoms with E-state index in [1.807, 2.05) is 36.5 Å². The smallest absolute Gasteiger partial charge is 0.174 e. The summed E-state index contributed by atoms with van der Waals surface area (Å²) in [6, 6.07) is 14.5. The minimum absolute atomic E-state index is 0.0355. The van der Waals surface area contributed by atoms with Crippen molar-refractivity contribution < 1.29 is 4.74 Å². The zero-order valence-electron chi connectivity index (χ0n) is 18.1. The van der Waals surface area contributed by atoms with Gasteiger partial charge in [-0.2, -0.15) is 0 Å². The van der Waals surface area contributed by atoms with E-state index >= 15 is 0 Å². The number of halogens is 1. The second-order valence-electron chi connectivity index (χ2n) is 8.50. The number of aromatic nitrogens is 2. The fourth-order valence-corrected chi connectivity index (χ4v) is 5.59. The highest BCUT2D eigenvalue weighted by molar-refractivity contribution is 7.80. The van der Waals surface area contributed by atoms with Gasteiger partial charge in [-0.1, -0.05) is 36.9 Å². The van der Waals surface area contributed by atoms with Gasteiger partial charge < -0.3 is 19.5 Å². The van der Waals surface area contributed by atoms with Crippen LogP contribution in [0.4, 0.5) is 5.69 Å². The van der Waals surface area contributed by atoms with Crippen LogP contribution in [0.3, 0.4) is 0 Å². The Bertz CT molecular complexity index is 1100. The number of nitrogens with zero attached hydrogens (tertiary/aromatic N) is 3. The van der Waals surface area contributed by atoms with Gasteiger partial charge in [-0.3, -0.25) is 4.98 Å². The normalized spacial score (nSPS) is 21.6. The Labute approximate surface area is 199 Å². The van der Waals surface area contributed by atoms with E-state index in [2.05, 4.69) is 44.3 Å². The number of nitrogens with one attached hydrogen (secondary N) is 1. The summed E-state index contributed by atoms with van der Waals surface area (Å²) in [7, 11) is 1.62. The molecule has 1 aliphatic heterocycles. The van der Waals surface area contributed by atoms with Crippen LogP contribution in [-0.4, -0.2) is 21.8 Å². The fraction of sp³-hybridized carbons (Fsp3) is 0.360. The van der Waals surface area contributed by atoms with Gasteiger partial charge >= 0.3 is 0 Å². The summed E-state index contributed by atoms with van der Waals surface area (Å²) < 4.78 is 7.74. The lowest BCUT2D eigenvalue weighted by molar-refractivity contribution is 0.353. The third-order valence-electron chi connectivity index (χ3n) is 6.59. The van der Waals surface area contributed by atoms with E-state index in [4.69, 9.17) is 28.6 Å². The minimum atomic E-state index is -0.0632. The Hall–Kier alpha value is -2.57. The molecule has 5 rings (SSSR count). The molecule has 1 saturated heterocycles. The quantitative estimate of drug-likeness (QED) is 0.451. The highest BCUT2D eigenvalue weighted by Gasteiger charge is 2.41. The zero-order chi connectivity index (χ0) is 22.1. The first-order valence-electron chi connectivity index (χ1n) is 11.2. The average molecular weight is 467 g/mol. The molecule has 2 aromatic heterocycles. The number of hydrogen-bond acceptors (Lipinski definition) is 3. The largest absolute Gasteiger partial charge is 0.495 e. The number of hydrogen-bond donors (Lipinski definition) is 1. The van der Waals surface area contributed by atoms with Crippen molar-refractivity contribution in [2.45, 2.75) is 50.2 Å². The van der Waals surface area contributed by atoms with Gasteiger partial charge in [0, 0.05) is 30.3 Å². The van der Waals surface area contributed by atoms with E-state index < -0.39 is 0 Å². The maximum Gasteiger partial charge on any atom is 0.174 e. The fourth-order valence-electron chi connectivity index (χ4n) is 4.99. The summed E-state index contributed by atoms with van der Waals surface area (Å²) in [5.74, 6) is 0.648. The number of rotatable bonds is 5. The molecule has 1 saturated carbocycles. The molecule has 32 heavy (non-hydrogen) atoms. The number of methoxy groups -OCH3 is 1. The molecule has 2 fully saturated rings. The molecule has 0 radical (unpaired) electrons. The first-order valence-corrected chi connectivity index (χ1v) is 12.0. The van der Waals surface area contributed by atoms with E-state index in [9.17, 15) is 0 Å². The molecule has 1 aliphatic carbocycles. The second kappa shape index (κ2) is 9.12. The Morgan fingerprint density at radius 1 is 1.12 bits per heavy atom. The summed E-state index contributed by atoms with van der Waals surface area (Å²) in [5.41, 5.74) is 3.11. The first-order chi connectivity index (χ1) is 15.7. The Kier molecular flexibility index (Phi) is 6.07. The van der Waals surface area contributed by atoms with E-state index in [0.717, 1.165) is 11.4 Å². The van der Waals surface area contributed by atoms with E-state index in [0.29, 0.717) is 21.9 Å². The molecule has 0 spiro atoms. The molecule has 3 aromatic rings. The Morgan fingerprint density at radius 3 is 2.69 bits per heavy atom. The molecule has 0 bridgehead atoms. The van der Waals surface area contributed by atoms with Gasteiger partial charge in [0.1, 0.15) is 5.75 Å². The predicted molar refractivity (Wildman–Crippen MR) is 132 cm³/mol.